The van der Waals surface area contributed by atoms with Crippen molar-refractivity contribution in [3.8, 4) is 0 Å². The molecule has 0 atom stereocenters. The van der Waals surface area contributed by atoms with Crippen LogP contribution < -0.4 is 0 Å². The van der Waals surface area contributed by atoms with Gasteiger partial charge in [0.25, 0.3) is 0 Å². The molecule has 0 saturated heterocycles. The number of hydrogen-bond acceptors (Lipinski definition) is 3. The molecule has 10 heavy (non-hydrogen) atoms. The van der Waals surface area contributed by atoms with Crippen molar-refractivity contribution >= 4 is 0 Å². The molecule has 1 aliphatic rings. The van der Waals surface area contributed by atoms with E-state index in [0.29, 0.717) is 0 Å². The van der Waals surface area contributed by atoms with Crippen LogP contribution in [0.5, 0.6) is 0 Å². The first-order valence-corrected chi connectivity index (χ1v) is 4.05. The predicted octanol–water partition coefficient (Wildman–Crippen LogP) is -0.224. The summed E-state index contributed by atoms with van der Waals surface area (Å²) in [6.45, 7) is 2.00. The van der Waals surface area contributed by atoms with E-state index in [1.807, 2.05) is 43.0 Å². The molecule has 0 fully saturated rings. The molecule has 0 radical (unpaired) electrons. The fraction of sp³-hybridized carbons (Fsp3) is 0.400. The summed E-state index contributed by atoms with van der Waals surface area (Å²) in [5, 5.41) is 0. The summed E-state index contributed by atoms with van der Waals surface area (Å²) in [5.74, 6) is 0. The van der Waals surface area contributed by atoms with Crippen LogP contribution in [0.2, 0.25) is 0 Å². The zero-order chi connectivity index (χ0) is 7.98. The fourth-order valence-electron chi connectivity index (χ4n) is 0.575. The van der Waals surface area contributed by atoms with E-state index in [0.717, 1.165) is 0 Å². The Labute approximate surface area is 68.4 Å². The van der Waals surface area contributed by atoms with Gasteiger partial charge in [-0.25, -0.2) is 0 Å². The molecule has 0 aromatic rings. The number of hydrogen-bond donors (Lipinski definition) is 1. The normalized spacial score (nSPS) is 15.1. The molecule has 61 valence electrons. The Morgan fingerprint density at radius 2 is 1.70 bits per heavy atom. The molecule has 0 aromatic heterocycles. The van der Waals surface area contributed by atoms with Crippen LogP contribution in [0.4, 0.5) is 0 Å². The van der Waals surface area contributed by atoms with E-state index in [4.69, 9.17) is 7.51 Å². The molecule has 1 N–H and O–H groups in total. The third-order valence-electron chi connectivity index (χ3n) is 0.901. The minimum atomic E-state index is -1.54. The van der Waals surface area contributed by atoms with Gasteiger partial charge < -0.3 is 9.80 Å². The van der Waals surface area contributed by atoms with Crippen molar-refractivity contribution in [3.05, 3.63) is 19.1 Å². The average Bonchev–Trinajstić information content (AvgIpc) is 2.17. The predicted molar refractivity (Wildman–Crippen MR) is 31.9 cm³/mol. The monoisotopic (exact) mass is 232 g/mol. The fourth-order valence-corrected chi connectivity index (χ4v) is 0.575. The van der Waals surface area contributed by atoms with Gasteiger partial charge in [-0.15, -0.1) is 0 Å². The molecule has 1 heterocycles. The van der Waals surface area contributed by atoms with Gasteiger partial charge in [-0.1, -0.05) is 0 Å². The Bertz CT molecular complexity index is 119. The molecular formula is C5H10N2O2Ru-. The van der Waals surface area contributed by atoms with Gasteiger partial charge in [-0.05, 0) is 26.5 Å². The Morgan fingerprint density at radius 3 is 1.80 bits per heavy atom. The molecule has 0 saturated carbocycles. The van der Waals surface area contributed by atoms with Crippen LogP contribution in [-0.2, 0) is 21.0 Å². The average molecular weight is 231 g/mol. The maximum atomic E-state index is 8.58. The topological polar surface area (TPSA) is 43.8 Å². The van der Waals surface area contributed by atoms with Gasteiger partial charge in [-0.3, -0.25) is 0 Å². The molecule has 1 rings (SSSR count). The van der Waals surface area contributed by atoms with Gasteiger partial charge >= 0.3 is 24.9 Å². The molecule has 4 nitrogen and oxygen atoms in total. The standard InChI is InChI=1S/C5H9N2.H2O.O.Ru/c1-6-3-4-7(2)5-6;;;/h3-5H,1-2H3;1H2;;/q-1;;;+1/p-1. The third-order valence-corrected chi connectivity index (χ3v) is 0.901. The summed E-state index contributed by atoms with van der Waals surface area (Å²) < 4.78 is 15.7. The van der Waals surface area contributed by atoms with Crippen molar-refractivity contribution in [3.63, 3.8) is 0 Å². The first-order chi connectivity index (χ1) is 4.70. The minimum absolute atomic E-state index is 1.54. The van der Waals surface area contributed by atoms with Gasteiger partial charge in [0.2, 0.25) is 0 Å². The summed E-state index contributed by atoms with van der Waals surface area (Å²) in [7, 11) is 4.00. The van der Waals surface area contributed by atoms with Crippen LogP contribution >= 0.6 is 0 Å². The first-order valence-electron chi connectivity index (χ1n) is 2.56. The summed E-state index contributed by atoms with van der Waals surface area (Å²) in [4.78, 5) is 4.00. The van der Waals surface area contributed by atoms with Gasteiger partial charge in [0.1, 0.15) is 0 Å². The second-order valence-corrected chi connectivity index (χ2v) is 2.13. The summed E-state index contributed by atoms with van der Waals surface area (Å²) in [6, 6.07) is 0. The summed E-state index contributed by atoms with van der Waals surface area (Å²) in [6.07, 6.45) is 4.00. The number of rotatable bonds is 0. The van der Waals surface area contributed by atoms with E-state index < -0.39 is 17.4 Å². The van der Waals surface area contributed by atoms with Gasteiger partial charge in [-0.2, -0.15) is 6.67 Å². The Hall–Kier alpha value is -0.277. The van der Waals surface area contributed by atoms with Crippen LogP contribution in [0.15, 0.2) is 12.4 Å². The number of nitrogens with zero attached hydrogens (tertiary/aromatic N) is 2. The molecule has 0 aliphatic carbocycles. The van der Waals surface area contributed by atoms with E-state index in [9.17, 15) is 0 Å². The zero-order valence-corrected chi connectivity index (χ0v) is 7.57. The zero-order valence-electron chi connectivity index (χ0n) is 5.84. The van der Waals surface area contributed by atoms with E-state index in [-0.39, 0.29) is 0 Å². The molecule has 5 heteroatoms. The van der Waals surface area contributed by atoms with E-state index in [1.54, 1.807) is 0 Å². The first kappa shape index (κ1) is 9.72. The third kappa shape index (κ3) is 4.59. The molecule has 0 aromatic carbocycles. The van der Waals surface area contributed by atoms with E-state index in [2.05, 4.69) is 0 Å². The molecule has 0 bridgehead atoms. The van der Waals surface area contributed by atoms with Crippen molar-refractivity contribution < 1.29 is 24.9 Å². The Balaban J connectivity index is 0.000000236. The van der Waals surface area contributed by atoms with Crippen LogP contribution in [-0.4, -0.2) is 27.8 Å². The summed E-state index contributed by atoms with van der Waals surface area (Å²) in [5.41, 5.74) is 0. The van der Waals surface area contributed by atoms with Crippen molar-refractivity contribution in [2.45, 2.75) is 0 Å². The molecular weight excluding hydrogens is 221 g/mol. The molecule has 0 unspecified atom stereocenters. The Kier molecular flexibility index (Phi) is 5.35. The van der Waals surface area contributed by atoms with Crippen molar-refractivity contribution in [1.29, 1.82) is 0 Å². The van der Waals surface area contributed by atoms with Gasteiger partial charge in [0.05, 0.1) is 0 Å². The van der Waals surface area contributed by atoms with E-state index >= 15 is 0 Å². The Morgan fingerprint density at radius 1 is 1.40 bits per heavy atom. The molecule has 0 spiro atoms. The van der Waals surface area contributed by atoms with Gasteiger partial charge in [0.15, 0.2) is 0 Å². The van der Waals surface area contributed by atoms with Crippen LogP contribution in [0.3, 0.4) is 0 Å². The second kappa shape index (κ2) is 5.50. The quantitative estimate of drug-likeness (QED) is 0.462. The van der Waals surface area contributed by atoms with Crippen LogP contribution in [0.1, 0.15) is 0 Å². The van der Waals surface area contributed by atoms with Crippen molar-refractivity contribution in [2.75, 3.05) is 14.1 Å². The SMILES string of the molecule is CN1C=CN(C)[CH-]1.[O]=[Ru][OH]. The molecule has 0 amide bonds. The van der Waals surface area contributed by atoms with Gasteiger partial charge in [0, 0.05) is 0 Å². The molecule has 1 aliphatic heterocycles. The maximum absolute atomic E-state index is 8.58. The van der Waals surface area contributed by atoms with Crippen LogP contribution in [0.25, 0.3) is 0 Å². The van der Waals surface area contributed by atoms with Crippen molar-refractivity contribution in [1.82, 2.24) is 9.80 Å². The van der Waals surface area contributed by atoms with E-state index in [1.165, 1.54) is 0 Å². The van der Waals surface area contributed by atoms with Crippen LogP contribution in [0, 0.1) is 6.67 Å². The summed E-state index contributed by atoms with van der Waals surface area (Å²) >= 11 is -1.54. The second-order valence-electron chi connectivity index (χ2n) is 1.81. The van der Waals surface area contributed by atoms with Crippen molar-refractivity contribution in [2.24, 2.45) is 0 Å².